The van der Waals surface area contributed by atoms with Crippen LogP contribution in [0, 0.1) is 11.7 Å². The average molecular weight is 503 g/mol. The Kier molecular flexibility index (Phi) is 4.87. The molecule has 3 atom stereocenters. The van der Waals surface area contributed by atoms with Crippen LogP contribution in [0.15, 0.2) is 48.7 Å². The van der Waals surface area contributed by atoms with Crippen LogP contribution in [0.2, 0.25) is 0 Å². The zero-order valence-corrected chi connectivity index (χ0v) is 19.6. The molecule has 0 aliphatic heterocycles. The summed E-state index contributed by atoms with van der Waals surface area (Å²) in [6.07, 6.45) is -2.26. The minimum Gasteiger partial charge on any atom is -0.473 e. The lowest BCUT2D eigenvalue weighted by Gasteiger charge is -2.21. The van der Waals surface area contributed by atoms with Gasteiger partial charge in [0.2, 0.25) is 5.88 Å². The second-order valence-corrected chi connectivity index (χ2v) is 10.7. The highest BCUT2D eigenvalue weighted by molar-refractivity contribution is 5.51. The Morgan fingerprint density at radius 2 is 1.75 bits per heavy atom. The number of halogens is 6. The van der Waals surface area contributed by atoms with Gasteiger partial charge in [0.1, 0.15) is 12.4 Å². The molecule has 0 saturated heterocycles. The lowest BCUT2D eigenvalue weighted by molar-refractivity contribution is -0.138. The van der Waals surface area contributed by atoms with Crippen molar-refractivity contribution in [2.24, 2.45) is 5.92 Å². The van der Waals surface area contributed by atoms with Crippen LogP contribution in [0.3, 0.4) is 0 Å². The number of nitrogens with zero attached hydrogens (tertiary/aromatic N) is 1. The van der Waals surface area contributed by atoms with Gasteiger partial charge in [0, 0.05) is 35.2 Å². The lowest BCUT2D eigenvalue weighted by atomic mass is 9.84. The zero-order valence-electron chi connectivity index (χ0n) is 19.6. The van der Waals surface area contributed by atoms with E-state index in [1.165, 1.54) is 30.5 Å². The van der Waals surface area contributed by atoms with Crippen LogP contribution >= 0.6 is 0 Å². The van der Waals surface area contributed by atoms with Gasteiger partial charge in [-0.25, -0.2) is 18.2 Å². The van der Waals surface area contributed by atoms with Gasteiger partial charge in [-0.15, -0.1) is 0 Å². The summed E-state index contributed by atoms with van der Waals surface area (Å²) >= 11 is 0. The predicted octanol–water partition coefficient (Wildman–Crippen LogP) is 7.84. The van der Waals surface area contributed by atoms with Crippen LogP contribution in [0.4, 0.5) is 26.3 Å². The summed E-state index contributed by atoms with van der Waals surface area (Å²) in [6, 6.07) is 9.59. The van der Waals surface area contributed by atoms with E-state index in [0.29, 0.717) is 29.5 Å². The molecule has 188 valence electrons. The standard InChI is InChI=1S/C28H23F6NO/c1-26(2)11-18(15-5-3-4-6-20(15)28(32,33)34)16-7-14(24(29)9-21(16)26)13-36-25-10-23-19(12-35-25)17-8-22(17)27(23,30)31/h3-7,9-10,12,17-18,22H,8,11,13H2,1-2H3. The van der Waals surface area contributed by atoms with E-state index in [4.69, 9.17) is 4.74 Å². The van der Waals surface area contributed by atoms with Gasteiger partial charge < -0.3 is 4.74 Å². The number of benzene rings is 2. The smallest absolute Gasteiger partial charge is 0.416 e. The fourth-order valence-electron chi connectivity index (χ4n) is 6.09. The summed E-state index contributed by atoms with van der Waals surface area (Å²) in [5, 5.41) is 0. The molecule has 6 rings (SSSR count). The summed E-state index contributed by atoms with van der Waals surface area (Å²) in [5.41, 5.74) is 0.761. The number of alkyl halides is 5. The largest absolute Gasteiger partial charge is 0.473 e. The summed E-state index contributed by atoms with van der Waals surface area (Å²) in [4.78, 5) is 4.13. The van der Waals surface area contributed by atoms with E-state index in [1.807, 2.05) is 13.8 Å². The first kappa shape index (κ1) is 23.4. The van der Waals surface area contributed by atoms with E-state index in [1.54, 1.807) is 12.1 Å². The van der Waals surface area contributed by atoms with Gasteiger partial charge in [0.05, 0.1) is 5.56 Å². The number of hydrogen-bond donors (Lipinski definition) is 0. The minimum atomic E-state index is -4.52. The van der Waals surface area contributed by atoms with E-state index in [-0.39, 0.29) is 35.1 Å². The molecular formula is C28H23F6NO. The van der Waals surface area contributed by atoms with E-state index < -0.39 is 40.7 Å². The number of fused-ring (bicyclic) bond motifs is 4. The molecule has 3 aromatic rings. The Hall–Kier alpha value is -3.03. The second-order valence-electron chi connectivity index (χ2n) is 10.7. The van der Waals surface area contributed by atoms with E-state index in [2.05, 4.69) is 4.98 Å². The molecule has 1 heterocycles. The lowest BCUT2D eigenvalue weighted by Crippen LogP contribution is -2.15. The zero-order chi connectivity index (χ0) is 25.6. The fourth-order valence-corrected chi connectivity index (χ4v) is 6.09. The normalized spacial score (nSPS) is 24.7. The van der Waals surface area contributed by atoms with Gasteiger partial charge in [-0.3, -0.25) is 0 Å². The molecule has 3 unspecified atom stereocenters. The van der Waals surface area contributed by atoms with Crippen molar-refractivity contribution < 1.29 is 31.1 Å². The highest BCUT2D eigenvalue weighted by Crippen LogP contribution is 2.67. The molecule has 0 radical (unpaired) electrons. The van der Waals surface area contributed by atoms with Crippen LogP contribution in [-0.2, 0) is 24.1 Å². The third-order valence-electron chi connectivity index (χ3n) is 7.98. The van der Waals surface area contributed by atoms with E-state index in [0.717, 1.165) is 6.07 Å². The van der Waals surface area contributed by atoms with Crippen molar-refractivity contribution >= 4 is 0 Å². The Morgan fingerprint density at radius 1 is 1.00 bits per heavy atom. The molecule has 3 aliphatic rings. The number of aromatic nitrogens is 1. The number of pyridine rings is 1. The fraction of sp³-hybridized carbons (Fsp3) is 0.393. The Balaban J connectivity index is 1.33. The van der Waals surface area contributed by atoms with Gasteiger partial charge >= 0.3 is 6.18 Å². The third kappa shape index (κ3) is 3.51. The van der Waals surface area contributed by atoms with Crippen molar-refractivity contribution in [1.82, 2.24) is 4.98 Å². The van der Waals surface area contributed by atoms with Crippen LogP contribution in [0.5, 0.6) is 5.88 Å². The van der Waals surface area contributed by atoms with Gasteiger partial charge in [0.15, 0.2) is 0 Å². The van der Waals surface area contributed by atoms with Crippen molar-refractivity contribution in [1.29, 1.82) is 0 Å². The molecule has 0 bridgehead atoms. The molecule has 2 aromatic carbocycles. The molecule has 1 fully saturated rings. The molecule has 2 nitrogen and oxygen atoms in total. The van der Waals surface area contributed by atoms with Crippen LogP contribution < -0.4 is 4.74 Å². The quantitative estimate of drug-likeness (QED) is 0.339. The van der Waals surface area contributed by atoms with Gasteiger partial charge in [-0.1, -0.05) is 32.0 Å². The highest BCUT2D eigenvalue weighted by atomic mass is 19.4. The van der Waals surface area contributed by atoms with Crippen LogP contribution in [0.25, 0.3) is 0 Å². The summed E-state index contributed by atoms with van der Waals surface area (Å²) < 4.78 is 91.0. The van der Waals surface area contributed by atoms with Crippen LogP contribution in [-0.4, -0.2) is 4.98 Å². The van der Waals surface area contributed by atoms with E-state index >= 15 is 4.39 Å². The maximum atomic E-state index is 15.1. The third-order valence-corrected chi connectivity index (χ3v) is 7.98. The molecule has 36 heavy (non-hydrogen) atoms. The first-order valence-electron chi connectivity index (χ1n) is 11.9. The second kappa shape index (κ2) is 7.49. The SMILES string of the molecule is CC1(C)CC(c2ccccc2C(F)(F)F)c2cc(COc3cc4c(cn3)C3CC3C4(F)F)c(F)cc21. The molecule has 3 aliphatic carbocycles. The summed E-state index contributed by atoms with van der Waals surface area (Å²) in [5.74, 6) is -4.93. The molecule has 1 saturated carbocycles. The Bertz CT molecular complexity index is 1380. The van der Waals surface area contributed by atoms with E-state index in [9.17, 15) is 22.0 Å². The summed E-state index contributed by atoms with van der Waals surface area (Å²) in [7, 11) is 0. The molecule has 1 aromatic heterocycles. The number of ether oxygens (including phenoxy) is 1. The predicted molar refractivity (Wildman–Crippen MR) is 121 cm³/mol. The maximum absolute atomic E-state index is 15.1. The average Bonchev–Trinajstić information content (AvgIpc) is 3.54. The van der Waals surface area contributed by atoms with Gasteiger partial charge in [-0.2, -0.15) is 13.2 Å². The van der Waals surface area contributed by atoms with Gasteiger partial charge in [-0.05, 0) is 64.6 Å². The topological polar surface area (TPSA) is 22.1 Å². The number of hydrogen-bond acceptors (Lipinski definition) is 2. The Morgan fingerprint density at radius 3 is 2.50 bits per heavy atom. The minimum absolute atomic E-state index is 0.0334. The Labute approximate surface area is 204 Å². The molecule has 8 heteroatoms. The number of rotatable bonds is 4. The summed E-state index contributed by atoms with van der Waals surface area (Å²) in [6.45, 7) is 3.49. The first-order valence-corrected chi connectivity index (χ1v) is 11.9. The monoisotopic (exact) mass is 503 g/mol. The van der Waals surface area contributed by atoms with Crippen molar-refractivity contribution in [3.63, 3.8) is 0 Å². The molecule has 0 amide bonds. The van der Waals surface area contributed by atoms with Crippen molar-refractivity contribution in [2.75, 3.05) is 0 Å². The maximum Gasteiger partial charge on any atom is 0.416 e. The van der Waals surface area contributed by atoms with Crippen molar-refractivity contribution in [3.05, 3.63) is 93.4 Å². The van der Waals surface area contributed by atoms with Crippen molar-refractivity contribution in [3.8, 4) is 5.88 Å². The van der Waals surface area contributed by atoms with Crippen LogP contribution in [0.1, 0.15) is 77.5 Å². The molecule has 0 spiro atoms. The molecular weight excluding hydrogens is 480 g/mol. The first-order chi connectivity index (χ1) is 16.9. The van der Waals surface area contributed by atoms with Gasteiger partial charge in [0.25, 0.3) is 5.92 Å². The highest BCUT2D eigenvalue weighted by Gasteiger charge is 2.63. The molecule has 0 N–H and O–H groups in total. The van der Waals surface area contributed by atoms with Crippen molar-refractivity contribution in [2.45, 2.75) is 62.6 Å².